The van der Waals surface area contributed by atoms with E-state index in [9.17, 15) is 9.90 Å². The van der Waals surface area contributed by atoms with Crippen molar-refractivity contribution in [3.8, 4) is 0 Å². The van der Waals surface area contributed by atoms with Crippen LogP contribution in [0.4, 0.5) is 0 Å². The Morgan fingerprint density at radius 2 is 1.89 bits per heavy atom. The first-order valence-electron chi connectivity index (χ1n) is 7.12. The molecule has 1 aromatic carbocycles. The van der Waals surface area contributed by atoms with Gasteiger partial charge in [-0.15, -0.1) is 0 Å². The molecule has 1 aromatic rings. The molecule has 0 saturated heterocycles. The van der Waals surface area contributed by atoms with Crippen LogP contribution in [0, 0.1) is 5.92 Å². The standard InChI is InChI=1S/C16H22O3/c1-2-19-16(18)15(17)14-10-8-13(9-11-14)12-6-4-3-5-7-12/h3-7,13-15,17H,2,8-11H2,1H3. The predicted octanol–water partition coefficient (Wildman–Crippen LogP) is 2.88. The van der Waals surface area contributed by atoms with Gasteiger partial charge in [0, 0.05) is 0 Å². The Hall–Kier alpha value is -1.35. The molecule has 1 atom stereocenters. The summed E-state index contributed by atoms with van der Waals surface area (Å²) in [6.45, 7) is 2.09. The molecule has 0 aliphatic heterocycles. The number of ether oxygens (including phenoxy) is 1. The lowest BCUT2D eigenvalue weighted by Gasteiger charge is -2.30. The number of aliphatic hydroxyl groups is 1. The van der Waals surface area contributed by atoms with Gasteiger partial charge < -0.3 is 9.84 Å². The maximum Gasteiger partial charge on any atom is 0.335 e. The zero-order chi connectivity index (χ0) is 13.7. The Balaban J connectivity index is 1.87. The van der Waals surface area contributed by atoms with Crippen LogP contribution in [0.25, 0.3) is 0 Å². The number of esters is 1. The minimum Gasteiger partial charge on any atom is -0.464 e. The van der Waals surface area contributed by atoms with Gasteiger partial charge >= 0.3 is 5.97 Å². The molecule has 1 saturated carbocycles. The summed E-state index contributed by atoms with van der Waals surface area (Å²) in [4.78, 5) is 11.5. The molecule has 3 heteroatoms. The van der Waals surface area contributed by atoms with Crippen molar-refractivity contribution in [1.82, 2.24) is 0 Å². The van der Waals surface area contributed by atoms with Gasteiger partial charge in [-0.05, 0) is 50.0 Å². The number of benzene rings is 1. The van der Waals surface area contributed by atoms with E-state index >= 15 is 0 Å². The summed E-state index contributed by atoms with van der Waals surface area (Å²) in [6.07, 6.45) is 2.90. The van der Waals surface area contributed by atoms with Crippen molar-refractivity contribution in [2.75, 3.05) is 6.61 Å². The number of rotatable bonds is 4. The number of carbonyl (C=O) groups excluding carboxylic acids is 1. The molecule has 19 heavy (non-hydrogen) atoms. The second-order valence-electron chi connectivity index (χ2n) is 5.22. The van der Waals surface area contributed by atoms with Gasteiger partial charge in [-0.3, -0.25) is 0 Å². The Bertz CT molecular complexity index is 394. The van der Waals surface area contributed by atoms with Gasteiger partial charge in [0.15, 0.2) is 6.10 Å². The average molecular weight is 262 g/mol. The summed E-state index contributed by atoms with van der Waals surface area (Å²) in [5.74, 6) is 0.150. The summed E-state index contributed by atoms with van der Waals surface area (Å²) in [7, 11) is 0. The smallest absolute Gasteiger partial charge is 0.335 e. The van der Waals surface area contributed by atoms with Crippen molar-refractivity contribution in [3.05, 3.63) is 35.9 Å². The van der Waals surface area contributed by atoms with Crippen LogP contribution in [0.15, 0.2) is 30.3 Å². The van der Waals surface area contributed by atoms with Gasteiger partial charge in [-0.2, -0.15) is 0 Å². The summed E-state index contributed by atoms with van der Waals surface area (Å²) in [6, 6.07) is 10.5. The van der Waals surface area contributed by atoms with E-state index in [1.807, 2.05) is 6.07 Å². The van der Waals surface area contributed by atoms with Gasteiger partial charge in [0.2, 0.25) is 0 Å². The van der Waals surface area contributed by atoms with Gasteiger partial charge in [0.05, 0.1) is 6.61 Å². The molecule has 3 nitrogen and oxygen atoms in total. The fourth-order valence-electron chi connectivity index (χ4n) is 2.91. The van der Waals surface area contributed by atoms with E-state index < -0.39 is 12.1 Å². The fraction of sp³-hybridized carbons (Fsp3) is 0.562. The molecule has 0 spiro atoms. The Labute approximate surface area is 114 Å². The topological polar surface area (TPSA) is 46.5 Å². The van der Waals surface area contributed by atoms with Crippen molar-refractivity contribution in [2.24, 2.45) is 5.92 Å². The third-order valence-corrected chi connectivity index (χ3v) is 4.02. The maximum atomic E-state index is 11.5. The lowest BCUT2D eigenvalue weighted by molar-refractivity contribution is -0.156. The zero-order valence-corrected chi connectivity index (χ0v) is 11.4. The molecule has 1 aliphatic carbocycles. The Morgan fingerprint density at radius 1 is 1.26 bits per heavy atom. The fourth-order valence-corrected chi connectivity index (χ4v) is 2.91. The molecule has 0 radical (unpaired) electrons. The summed E-state index contributed by atoms with van der Waals surface area (Å²) in [5.41, 5.74) is 1.37. The van der Waals surface area contributed by atoms with E-state index in [0.29, 0.717) is 12.5 Å². The normalized spacial score (nSPS) is 24.7. The van der Waals surface area contributed by atoms with Crippen molar-refractivity contribution < 1.29 is 14.6 Å². The first-order chi connectivity index (χ1) is 9.22. The summed E-state index contributed by atoms with van der Waals surface area (Å²) in [5, 5.41) is 9.96. The highest BCUT2D eigenvalue weighted by molar-refractivity contribution is 5.74. The van der Waals surface area contributed by atoms with Crippen molar-refractivity contribution >= 4 is 5.97 Å². The molecule has 0 amide bonds. The molecule has 1 unspecified atom stereocenters. The van der Waals surface area contributed by atoms with Crippen LogP contribution in [-0.4, -0.2) is 23.8 Å². The van der Waals surface area contributed by atoms with Crippen molar-refractivity contribution in [3.63, 3.8) is 0 Å². The number of hydrogen-bond acceptors (Lipinski definition) is 3. The van der Waals surface area contributed by atoms with E-state index in [1.165, 1.54) is 5.56 Å². The molecule has 0 aromatic heterocycles. The van der Waals surface area contributed by atoms with Crippen LogP contribution >= 0.6 is 0 Å². The van der Waals surface area contributed by atoms with E-state index in [1.54, 1.807) is 6.92 Å². The number of aliphatic hydroxyl groups excluding tert-OH is 1. The monoisotopic (exact) mass is 262 g/mol. The van der Waals surface area contributed by atoms with Gasteiger partial charge in [0.25, 0.3) is 0 Å². The van der Waals surface area contributed by atoms with Gasteiger partial charge in [-0.1, -0.05) is 30.3 Å². The summed E-state index contributed by atoms with van der Waals surface area (Å²) < 4.78 is 4.88. The van der Waals surface area contributed by atoms with Crippen molar-refractivity contribution in [2.45, 2.75) is 44.6 Å². The molecule has 1 aliphatic rings. The minimum atomic E-state index is -0.948. The van der Waals surface area contributed by atoms with E-state index in [2.05, 4.69) is 24.3 Å². The minimum absolute atomic E-state index is 0.0546. The molecular formula is C16H22O3. The number of hydrogen-bond donors (Lipinski definition) is 1. The van der Waals surface area contributed by atoms with Crippen LogP contribution in [0.5, 0.6) is 0 Å². The first-order valence-corrected chi connectivity index (χ1v) is 7.12. The van der Waals surface area contributed by atoms with E-state index in [4.69, 9.17) is 4.74 Å². The molecule has 1 fully saturated rings. The van der Waals surface area contributed by atoms with Crippen LogP contribution < -0.4 is 0 Å². The Kier molecular flexibility index (Phi) is 4.97. The van der Waals surface area contributed by atoms with Crippen LogP contribution in [-0.2, 0) is 9.53 Å². The lowest BCUT2D eigenvalue weighted by atomic mass is 9.77. The second-order valence-corrected chi connectivity index (χ2v) is 5.22. The molecular weight excluding hydrogens is 240 g/mol. The molecule has 0 heterocycles. The molecule has 2 rings (SSSR count). The highest BCUT2D eigenvalue weighted by Crippen LogP contribution is 2.37. The Morgan fingerprint density at radius 3 is 2.47 bits per heavy atom. The van der Waals surface area contributed by atoms with Crippen LogP contribution in [0.3, 0.4) is 0 Å². The number of carbonyl (C=O) groups is 1. The van der Waals surface area contributed by atoms with Gasteiger partial charge in [-0.25, -0.2) is 4.79 Å². The van der Waals surface area contributed by atoms with Crippen molar-refractivity contribution in [1.29, 1.82) is 0 Å². The third-order valence-electron chi connectivity index (χ3n) is 4.02. The predicted molar refractivity (Wildman–Crippen MR) is 73.8 cm³/mol. The second kappa shape index (κ2) is 6.71. The zero-order valence-electron chi connectivity index (χ0n) is 11.4. The molecule has 104 valence electrons. The largest absolute Gasteiger partial charge is 0.464 e. The summed E-state index contributed by atoms with van der Waals surface area (Å²) >= 11 is 0. The quantitative estimate of drug-likeness (QED) is 0.849. The average Bonchev–Trinajstić information content (AvgIpc) is 2.48. The lowest BCUT2D eigenvalue weighted by Crippen LogP contribution is -2.33. The molecule has 0 bridgehead atoms. The molecule has 1 N–H and O–H groups in total. The SMILES string of the molecule is CCOC(=O)C(O)C1CCC(c2ccccc2)CC1. The van der Waals surface area contributed by atoms with Gasteiger partial charge in [0.1, 0.15) is 0 Å². The third kappa shape index (κ3) is 3.57. The van der Waals surface area contributed by atoms with E-state index in [-0.39, 0.29) is 5.92 Å². The van der Waals surface area contributed by atoms with E-state index in [0.717, 1.165) is 25.7 Å². The highest BCUT2D eigenvalue weighted by Gasteiger charge is 2.31. The van der Waals surface area contributed by atoms with Crippen LogP contribution in [0.1, 0.15) is 44.1 Å². The highest BCUT2D eigenvalue weighted by atomic mass is 16.5. The first kappa shape index (κ1) is 14.1. The van der Waals surface area contributed by atoms with Crippen LogP contribution in [0.2, 0.25) is 0 Å². The maximum absolute atomic E-state index is 11.5.